The molecule has 0 amide bonds. The van der Waals surface area contributed by atoms with Crippen LogP contribution in [0.2, 0.25) is 0 Å². The van der Waals surface area contributed by atoms with Crippen molar-refractivity contribution in [1.29, 1.82) is 0 Å². The molecular weight excluding hydrogens is 301 g/mol. The van der Waals surface area contributed by atoms with Crippen LogP contribution in [0.3, 0.4) is 0 Å². The van der Waals surface area contributed by atoms with Crippen LogP contribution in [0.1, 0.15) is 25.7 Å². The molecule has 0 saturated heterocycles. The van der Waals surface area contributed by atoms with Crippen molar-refractivity contribution in [2.45, 2.75) is 30.6 Å². The lowest BCUT2D eigenvalue weighted by Crippen LogP contribution is -2.34. The van der Waals surface area contributed by atoms with Gasteiger partial charge in [0, 0.05) is 12.4 Å². The van der Waals surface area contributed by atoms with Gasteiger partial charge in [-0.25, -0.2) is 17.5 Å². The molecule has 2 unspecified atom stereocenters. The minimum atomic E-state index is -3.57. The molecular formula is C14H19ClFNO2S. The van der Waals surface area contributed by atoms with Crippen molar-refractivity contribution in [3.05, 3.63) is 30.1 Å². The maximum Gasteiger partial charge on any atom is 0.240 e. The van der Waals surface area contributed by atoms with Crippen molar-refractivity contribution < 1.29 is 12.8 Å². The van der Waals surface area contributed by atoms with E-state index in [0.29, 0.717) is 18.3 Å². The smallest absolute Gasteiger partial charge is 0.211 e. The summed E-state index contributed by atoms with van der Waals surface area (Å²) >= 11 is 5.94. The van der Waals surface area contributed by atoms with E-state index in [-0.39, 0.29) is 10.8 Å². The molecule has 1 aromatic carbocycles. The summed E-state index contributed by atoms with van der Waals surface area (Å²) in [7, 11) is -3.57. The highest BCUT2D eigenvalue weighted by Gasteiger charge is 2.26. The largest absolute Gasteiger partial charge is 0.240 e. The summed E-state index contributed by atoms with van der Waals surface area (Å²) in [6.45, 7) is 0.400. The number of halogens is 2. The van der Waals surface area contributed by atoms with Gasteiger partial charge in [-0.3, -0.25) is 0 Å². The Balaban J connectivity index is 1.99. The fourth-order valence-electron chi connectivity index (χ4n) is 2.67. The van der Waals surface area contributed by atoms with Crippen LogP contribution in [-0.2, 0) is 10.0 Å². The summed E-state index contributed by atoms with van der Waals surface area (Å²) in [5.74, 6) is 0.791. The highest BCUT2D eigenvalue weighted by Crippen LogP contribution is 2.30. The Hall–Kier alpha value is -0.650. The monoisotopic (exact) mass is 319 g/mol. The second-order valence-electron chi connectivity index (χ2n) is 5.26. The summed E-state index contributed by atoms with van der Waals surface area (Å²) < 4.78 is 39.7. The predicted molar refractivity (Wildman–Crippen MR) is 77.8 cm³/mol. The molecule has 0 aromatic heterocycles. The average Bonchev–Trinajstić information content (AvgIpc) is 2.46. The molecule has 2 rings (SSSR count). The number of benzene rings is 1. The lowest BCUT2D eigenvalue weighted by Gasteiger charge is -2.30. The average molecular weight is 320 g/mol. The molecule has 3 nitrogen and oxygen atoms in total. The summed E-state index contributed by atoms with van der Waals surface area (Å²) in [5.41, 5.74) is 0. The van der Waals surface area contributed by atoms with Crippen molar-refractivity contribution >= 4 is 21.6 Å². The molecule has 0 bridgehead atoms. The van der Waals surface area contributed by atoms with Crippen molar-refractivity contribution in [3.8, 4) is 0 Å². The van der Waals surface area contributed by atoms with Gasteiger partial charge >= 0.3 is 0 Å². The van der Waals surface area contributed by atoms with Crippen molar-refractivity contribution in [2.24, 2.45) is 11.8 Å². The van der Waals surface area contributed by atoms with E-state index < -0.39 is 15.8 Å². The van der Waals surface area contributed by atoms with Crippen LogP contribution in [0.15, 0.2) is 29.2 Å². The number of nitrogens with one attached hydrogen (secondary N) is 1. The quantitative estimate of drug-likeness (QED) is 0.847. The van der Waals surface area contributed by atoms with Gasteiger partial charge in [-0.2, -0.15) is 0 Å². The van der Waals surface area contributed by atoms with Gasteiger partial charge in [0.25, 0.3) is 0 Å². The maximum absolute atomic E-state index is 12.8. The van der Waals surface area contributed by atoms with E-state index in [1.807, 2.05) is 0 Å². The molecule has 20 heavy (non-hydrogen) atoms. The third kappa shape index (κ3) is 3.93. The first-order valence-electron chi connectivity index (χ1n) is 6.84. The Morgan fingerprint density at radius 3 is 2.35 bits per heavy atom. The lowest BCUT2D eigenvalue weighted by molar-refractivity contribution is 0.260. The van der Waals surface area contributed by atoms with E-state index in [1.54, 1.807) is 0 Å². The van der Waals surface area contributed by atoms with E-state index in [2.05, 4.69) is 4.72 Å². The predicted octanol–water partition coefficient (Wildman–Crippen LogP) is 3.15. The Kier molecular flexibility index (Phi) is 5.41. The van der Waals surface area contributed by atoms with Crippen molar-refractivity contribution in [1.82, 2.24) is 4.72 Å². The van der Waals surface area contributed by atoms with Crippen LogP contribution in [0.4, 0.5) is 4.39 Å². The van der Waals surface area contributed by atoms with Crippen LogP contribution in [0.5, 0.6) is 0 Å². The molecule has 2 atom stereocenters. The molecule has 0 aliphatic heterocycles. The van der Waals surface area contributed by atoms with Crippen LogP contribution in [0, 0.1) is 17.7 Å². The van der Waals surface area contributed by atoms with Gasteiger partial charge in [0.05, 0.1) is 4.90 Å². The number of rotatable bonds is 5. The molecule has 6 heteroatoms. The fourth-order valence-corrected chi connectivity index (χ4v) is 4.17. The minimum Gasteiger partial charge on any atom is -0.211 e. The molecule has 112 valence electrons. The van der Waals surface area contributed by atoms with Gasteiger partial charge < -0.3 is 0 Å². The van der Waals surface area contributed by atoms with Gasteiger partial charge in [-0.15, -0.1) is 11.6 Å². The Labute approximate surface area is 124 Å². The molecule has 1 N–H and O–H groups in total. The Bertz CT molecular complexity index is 533. The number of hydrogen-bond acceptors (Lipinski definition) is 2. The molecule has 1 aliphatic carbocycles. The standard InChI is InChI=1S/C14H19ClFNO2S/c15-9-11-3-1-2-4-12(11)10-17-20(18,19)14-7-5-13(16)6-8-14/h5-8,11-12,17H,1-4,9-10H2. The zero-order valence-corrected chi connectivity index (χ0v) is 12.8. The Morgan fingerprint density at radius 2 is 1.75 bits per heavy atom. The Morgan fingerprint density at radius 1 is 1.15 bits per heavy atom. The van der Waals surface area contributed by atoms with Crippen molar-refractivity contribution in [3.63, 3.8) is 0 Å². The second-order valence-corrected chi connectivity index (χ2v) is 7.34. The van der Waals surface area contributed by atoms with E-state index in [1.165, 1.54) is 18.6 Å². The minimum absolute atomic E-state index is 0.0946. The lowest BCUT2D eigenvalue weighted by atomic mass is 9.80. The number of sulfonamides is 1. The topological polar surface area (TPSA) is 46.2 Å². The number of alkyl halides is 1. The third-order valence-electron chi connectivity index (χ3n) is 3.92. The third-order valence-corrected chi connectivity index (χ3v) is 5.76. The van der Waals surface area contributed by atoms with Crippen LogP contribution < -0.4 is 4.72 Å². The molecule has 0 spiro atoms. The van der Waals surface area contributed by atoms with Crippen LogP contribution in [-0.4, -0.2) is 20.8 Å². The first-order chi connectivity index (χ1) is 9.53. The molecule has 1 aromatic rings. The van der Waals surface area contributed by atoms with E-state index in [4.69, 9.17) is 11.6 Å². The highest BCUT2D eigenvalue weighted by molar-refractivity contribution is 7.89. The van der Waals surface area contributed by atoms with Crippen LogP contribution in [0.25, 0.3) is 0 Å². The summed E-state index contributed by atoms with van der Waals surface area (Å²) in [6.07, 6.45) is 4.35. The van der Waals surface area contributed by atoms with Gasteiger partial charge in [0.1, 0.15) is 5.82 Å². The molecule has 1 saturated carbocycles. The molecule has 1 aliphatic rings. The summed E-state index contributed by atoms with van der Waals surface area (Å²) in [6, 6.07) is 4.85. The summed E-state index contributed by atoms with van der Waals surface area (Å²) in [5, 5.41) is 0. The molecule has 0 radical (unpaired) electrons. The molecule has 1 fully saturated rings. The number of hydrogen-bond donors (Lipinski definition) is 1. The van der Waals surface area contributed by atoms with Gasteiger partial charge in [-0.05, 0) is 48.9 Å². The van der Waals surface area contributed by atoms with Gasteiger partial charge in [0.2, 0.25) is 10.0 Å². The maximum atomic E-state index is 12.8. The summed E-state index contributed by atoms with van der Waals surface area (Å²) in [4.78, 5) is 0.0946. The zero-order valence-electron chi connectivity index (χ0n) is 11.2. The highest BCUT2D eigenvalue weighted by atomic mass is 35.5. The van der Waals surface area contributed by atoms with Gasteiger partial charge in [0.15, 0.2) is 0 Å². The van der Waals surface area contributed by atoms with E-state index >= 15 is 0 Å². The zero-order chi connectivity index (χ0) is 14.6. The van der Waals surface area contributed by atoms with E-state index in [0.717, 1.165) is 31.4 Å². The normalized spacial score (nSPS) is 23.7. The molecule has 0 heterocycles. The SMILES string of the molecule is O=S(=O)(NCC1CCCCC1CCl)c1ccc(F)cc1. The fraction of sp³-hybridized carbons (Fsp3) is 0.571. The van der Waals surface area contributed by atoms with E-state index in [9.17, 15) is 12.8 Å². The van der Waals surface area contributed by atoms with Crippen molar-refractivity contribution in [2.75, 3.05) is 12.4 Å². The van der Waals surface area contributed by atoms with Crippen LogP contribution >= 0.6 is 11.6 Å². The second kappa shape index (κ2) is 6.87. The first kappa shape index (κ1) is 15.7. The first-order valence-corrected chi connectivity index (χ1v) is 8.86. The van der Waals surface area contributed by atoms with Gasteiger partial charge in [-0.1, -0.05) is 12.8 Å².